The molecule has 13 heavy (non-hydrogen) atoms. The molecule has 1 heterocycles. The van der Waals surface area contributed by atoms with E-state index in [0.717, 1.165) is 12.3 Å². The predicted octanol–water partition coefficient (Wildman–Crippen LogP) is 1.85. The van der Waals surface area contributed by atoms with Gasteiger partial charge >= 0.3 is 0 Å². The fourth-order valence-corrected chi connectivity index (χ4v) is 2.04. The molecule has 1 aliphatic rings. The van der Waals surface area contributed by atoms with E-state index in [1.165, 1.54) is 38.9 Å². The number of nitrogens with zero attached hydrogens (tertiary/aromatic N) is 1. The first-order valence-electron chi connectivity index (χ1n) is 5.70. The quantitative estimate of drug-likeness (QED) is 0.722. The Morgan fingerprint density at radius 3 is 2.92 bits per heavy atom. The average molecular weight is 184 g/mol. The van der Waals surface area contributed by atoms with E-state index in [9.17, 15) is 0 Å². The van der Waals surface area contributed by atoms with Crippen LogP contribution in [0.3, 0.4) is 0 Å². The smallest absolute Gasteiger partial charge is 0.00483 e. The number of nitrogens with two attached hydrogens (primary N) is 1. The van der Waals surface area contributed by atoms with Gasteiger partial charge in [-0.05, 0) is 44.7 Å². The van der Waals surface area contributed by atoms with Crippen molar-refractivity contribution < 1.29 is 0 Å². The summed E-state index contributed by atoms with van der Waals surface area (Å²) in [5.74, 6) is 0.895. The molecule has 0 aromatic rings. The van der Waals surface area contributed by atoms with Crippen LogP contribution in [0.4, 0.5) is 0 Å². The topological polar surface area (TPSA) is 29.3 Å². The van der Waals surface area contributed by atoms with Crippen LogP contribution in [0.1, 0.15) is 39.5 Å². The summed E-state index contributed by atoms with van der Waals surface area (Å²) in [5.41, 5.74) is 5.90. The van der Waals surface area contributed by atoms with Crippen LogP contribution >= 0.6 is 0 Å². The van der Waals surface area contributed by atoms with E-state index in [-0.39, 0.29) is 0 Å². The molecule has 0 aromatic heterocycles. The summed E-state index contributed by atoms with van der Waals surface area (Å²) in [4.78, 5) is 2.57. The largest absolute Gasteiger partial charge is 0.328 e. The van der Waals surface area contributed by atoms with Crippen molar-refractivity contribution >= 4 is 0 Å². The zero-order chi connectivity index (χ0) is 9.68. The van der Waals surface area contributed by atoms with E-state index < -0.39 is 0 Å². The van der Waals surface area contributed by atoms with Crippen molar-refractivity contribution in [2.75, 3.05) is 19.6 Å². The van der Waals surface area contributed by atoms with Crippen LogP contribution in [-0.2, 0) is 0 Å². The second kappa shape index (κ2) is 5.61. The molecule has 1 aliphatic heterocycles. The lowest BCUT2D eigenvalue weighted by molar-refractivity contribution is 0.178. The van der Waals surface area contributed by atoms with Crippen molar-refractivity contribution in [1.29, 1.82) is 0 Å². The third-order valence-corrected chi connectivity index (χ3v) is 3.08. The van der Waals surface area contributed by atoms with Gasteiger partial charge in [-0.2, -0.15) is 0 Å². The molecule has 2 unspecified atom stereocenters. The average Bonchev–Trinajstić information content (AvgIpc) is 2.14. The van der Waals surface area contributed by atoms with Gasteiger partial charge in [0.15, 0.2) is 0 Å². The summed E-state index contributed by atoms with van der Waals surface area (Å²) in [7, 11) is 0. The summed E-state index contributed by atoms with van der Waals surface area (Å²) in [6.45, 7) is 8.31. The molecule has 78 valence electrons. The van der Waals surface area contributed by atoms with Gasteiger partial charge < -0.3 is 10.6 Å². The van der Waals surface area contributed by atoms with Crippen molar-refractivity contribution in [3.05, 3.63) is 0 Å². The maximum Gasteiger partial charge on any atom is 0.00483 e. The number of hydrogen-bond donors (Lipinski definition) is 1. The fourth-order valence-electron chi connectivity index (χ4n) is 2.04. The van der Waals surface area contributed by atoms with Crippen LogP contribution in [0.15, 0.2) is 0 Å². The highest BCUT2D eigenvalue weighted by molar-refractivity contribution is 4.71. The van der Waals surface area contributed by atoms with Crippen molar-refractivity contribution in [2.24, 2.45) is 11.7 Å². The number of piperidine rings is 1. The summed E-state index contributed by atoms with van der Waals surface area (Å²) < 4.78 is 0. The van der Waals surface area contributed by atoms with Gasteiger partial charge in [-0.3, -0.25) is 0 Å². The van der Waals surface area contributed by atoms with Crippen LogP contribution in [0, 0.1) is 5.92 Å². The second-order valence-corrected chi connectivity index (χ2v) is 4.51. The fraction of sp³-hybridized carbons (Fsp3) is 1.00. The predicted molar refractivity (Wildman–Crippen MR) is 57.7 cm³/mol. The van der Waals surface area contributed by atoms with Gasteiger partial charge in [0, 0.05) is 12.6 Å². The number of hydrogen-bond acceptors (Lipinski definition) is 2. The van der Waals surface area contributed by atoms with Gasteiger partial charge in [0.1, 0.15) is 0 Å². The molecule has 2 atom stereocenters. The van der Waals surface area contributed by atoms with E-state index >= 15 is 0 Å². The Morgan fingerprint density at radius 2 is 2.31 bits per heavy atom. The molecule has 2 nitrogen and oxygen atoms in total. The Kier molecular flexibility index (Phi) is 4.74. The monoisotopic (exact) mass is 184 g/mol. The lowest BCUT2D eigenvalue weighted by Gasteiger charge is -2.31. The Balaban J connectivity index is 2.13. The minimum Gasteiger partial charge on any atom is -0.328 e. The van der Waals surface area contributed by atoms with Crippen LogP contribution < -0.4 is 5.73 Å². The van der Waals surface area contributed by atoms with Crippen molar-refractivity contribution in [2.45, 2.75) is 45.6 Å². The zero-order valence-electron chi connectivity index (χ0n) is 9.13. The molecule has 2 N–H and O–H groups in total. The Morgan fingerprint density at radius 1 is 1.54 bits per heavy atom. The normalized spacial score (nSPS) is 27.5. The lowest BCUT2D eigenvalue weighted by Crippen LogP contribution is -2.37. The third-order valence-electron chi connectivity index (χ3n) is 3.08. The van der Waals surface area contributed by atoms with Gasteiger partial charge in [-0.1, -0.05) is 13.8 Å². The maximum absolute atomic E-state index is 5.90. The summed E-state index contributed by atoms with van der Waals surface area (Å²) in [6, 6.07) is 0.414. The zero-order valence-corrected chi connectivity index (χ0v) is 9.13. The lowest BCUT2D eigenvalue weighted by atomic mass is 10.00. The van der Waals surface area contributed by atoms with Gasteiger partial charge in [-0.15, -0.1) is 0 Å². The molecule has 0 bridgehead atoms. The Bertz CT molecular complexity index is 136. The SMILES string of the molecule is CCC(N)CCN1CCCC(C)C1. The van der Waals surface area contributed by atoms with Crippen LogP contribution in [0.2, 0.25) is 0 Å². The van der Waals surface area contributed by atoms with Gasteiger partial charge in [0.05, 0.1) is 0 Å². The minimum atomic E-state index is 0.414. The van der Waals surface area contributed by atoms with Crippen molar-refractivity contribution in [1.82, 2.24) is 4.90 Å². The number of rotatable bonds is 4. The molecule has 1 fully saturated rings. The van der Waals surface area contributed by atoms with Crippen molar-refractivity contribution in [3.8, 4) is 0 Å². The molecule has 0 amide bonds. The molecule has 0 aliphatic carbocycles. The van der Waals surface area contributed by atoms with Gasteiger partial charge in [0.2, 0.25) is 0 Å². The molecular weight excluding hydrogens is 160 g/mol. The molecule has 1 rings (SSSR count). The van der Waals surface area contributed by atoms with Crippen molar-refractivity contribution in [3.63, 3.8) is 0 Å². The van der Waals surface area contributed by atoms with Gasteiger partial charge in [0.25, 0.3) is 0 Å². The highest BCUT2D eigenvalue weighted by atomic mass is 15.1. The summed E-state index contributed by atoms with van der Waals surface area (Å²) in [5, 5.41) is 0. The van der Waals surface area contributed by atoms with E-state index in [0.29, 0.717) is 6.04 Å². The van der Waals surface area contributed by atoms with Crippen LogP contribution in [-0.4, -0.2) is 30.6 Å². The number of likely N-dealkylation sites (tertiary alicyclic amines) is 1. The molecule has 0 aromatic carbocycles. The highest BCUT2D eigenvalue weighted by Gasteiger charge is 2.15. The first-order valence-corrected chi connectivity index (χ1v) is 5.70. The first kappa shape index (κ1) is 11.0. The van der Waals surface area contributed by atoms with E-state index in [1.807, 2.05) is 0 Å². The van der Waals surface area contributed by atoms with E-state index in [2.05, 4.69) is 18.7 Å². The molecule has 0 radical (unpaired) electrons. The van der Waals surface area contributed by atoms with Crippen LogP contribution in [0.25, 0.3) is 0 Å². The Hall–Kier alpha value is -0.0800. The summed E-state index contributed by atoms with van der Waals surface area (Å²) in [6.07, 6.45) is 5.07. The van der Waals surface area contributed by atoms with Crippen LogP contribution in [0.5, 0.6) is 0 Å². The summed E-state index contributed by atoms with van der Waals surface area (Å²) >= 11 is 0. The highest BCUT2D eigenvalue weighted by Crippen LogP contribution is 2.15. The molecule has 2 heteroatoms. The minimum absolute atomic E-state index is 0.414. The molecular formula is C11H24N2. The van der Waals surface area contributed by atoms with E-state index in [4.69, 9.17) is 5.73 Å². The maximum atomic E-state index is 5.90. The Labute approximate surface area is 82.5 Å². The molecule has 0 saturated carbocycles. The van der Waals surface area contributed by atoms with Gasteiger partial charge in [-0.25, -0.2) is 0 Å². The standard InChI is InChI=1S/C11H24N2/c1-3-11(12)6-8-13-7-4-5-10(2)9-13/h10-11H,3-9,12H2,1-2H3. The molecule has 0 spiro atoms. The molecule has 1 saturated heterocycles. The first-order chi connectivity index (χ1) is 6.22. The third kappa shape index (κ3) is 4.10. The second-order valence-electron chi connectivity index (χ2n) is 4.51. The van der Waals surface area contributed by atoms with E-state index in [1.54, 1.807) is 0 Å².